The lowest BCUT2D eigenvalue weighted by Gasteiger charge is -2.34. The number of hydrogen-bond acceptors (Lipinski definition) is 5. The highest BCUT2D eigenvalue weighted by Crippen LogP contribution is 2.30. The minimum absolute atomic E-state index is 0.0531. The molecule has 24 heavy (non-hydrogen) atoms. The summed E-state index contributed by atoms with van der Waals surface area (Å²) in [5, 5.41) is 8.38. The normalized spacial score (nSPS) is 24.0. The lowest BCUT2D eigenvalue weighted by atomic mass is 9.94. The van der Waals surface area contributed by atoms with Crippen molar-refractivity contribution >= 4 is 17.3 Å². The number of nitrogens with zero attached hydrogens (tertiary/aromatic N) is 2. The van der Waals surface area contributed by atoms with Gasteiger partial charge < -0.3 is 10.2 Å². The molecule has 6 nitrogen and oxygen atoms in total. The second-order valence-electron chi connectivity index (χ2n) is 6.95. The van der Waals surface area contributed by atoms with Crippen molar-refractivity contribution < 1.29 is 4.79 Å². The molecule has 0 bridgehead atoms. The van der Waals surface area contributed by atoms with Gasteiger partial charge in [-0.2, -0.15) is 0 Å². The molecule has 128 valence electrons. The molecule has 2 saturated heterocycles. The third-order valence-corrected chi connectivity index (χ3v) is 5.01. The number of carbonyl (C=O) groups is 1. The van der Waals surface area contributed by atoms with Crippen molar-refractivity contribution in [2.24, 2.45) is 5.92 Å². The summed E-state index contributed by atoms with van der Waals surface area (Å²) in [7, 11) is 0. The van der Waals surface area contributed by atoms with Crippen LogP contribution in [0, 0.1) is 5.92 Å². The van der Waals surface area contributed by atoms with Gasteiger partial charge in [0, 0.05) is 24.4 Å². The number of nitrogens with one attached hydrogen (secondary N) is 3. The quantitative estimate of drug-likeness (QED) is 0.784. The van der Waals surface area contributed by atoms with Crippen LogP contribution in [-0.2, 0) is 4.79 Å². The van der Waals surface area contributed by atoms with Crippen LogP contribution in [-0.4, -0.2) is 37.0 Å². The molecule has 1 amide bonds. The maximum atomic E-state index is 12.8. The van der Waals surface area contributed by atoms with Gasteiger partial charge in [0.1, 0.15) is 0 Å². The van der Waals surface area contributed by atoms with E-state index < -0.39 is 0 Å². The zero-order valence-corrected chi connectivity index (χ0v) is 14.3. The highest BCUT2D eigenvalue weighted by Gasteiger charge is 2.38. The molecule has 3 aliphatic heterocycles. The molecular weight excluding hydrogens is 302 g/mol. The molecule has 0 aromatic heterocycles. The lowest BCUT2D eigenvalue weighted by molar-refractivity contribution is -0.132. The standard InChI is InChI=1S/C18H25N5O/c1-12(2)15-16(21-18-19-11-20-23(18)17(15)24)13-5-7-14(8-6-13)22-9-3-4-10-22/h5-8,12,18-21H,3-4,9-11H2,1-2H3. The van der Waals surface area contributed by atoms with E-state index in [0.29, 0.717) is 6.67 Å². The molecule has 0 aliphatic carbocycles. The van der Waals surface area contributed by atoms with Crippen molar-refractivity contribution in [3.63, 3.8) is 0 Å². The van der Waals surface area contributed by atoms with Crippen LogP contribution in [0.3, 0.4) is 0 Å². The van der Waals surface area contributed by atoms with Crippen LogP contribution in [0.1, 0.15) is 32.3 Å². The van der Waals surface area contributed by atoms with E-state index in [0.717, 1.165) is 29.9 Å². The number of hydrogen-bond donors (Lipinski definition) is 3. The number of fused-ring (bicyclic) bond motifs is 1. The summed E-state index contributed by atoms with van der Waals surface area (Å²) in [6.07, 6.45) is 2.36. The summed E-state index contributed by atoms with van der Waals surface area (Å²) in [6.45, 7) is 7.01. The molecule has 1 aromatic carbocycles. The van der Waals surface area contributed by atoms with E-state index in [1.165, 1.54) is 18.5 Å². The van der Waals surface area contributed by atoms with E-state index in [9.17, 15) is 4.79 Å². The third kappa shape index (κ3) is 2.56. The van der Waals surface area contributed by atoms with Crippen LogP contribution in [0.15, 0.2) is 29.8 Å². The predicted octanol–water partition coefficient (Wildman–Crippen LogP) is 1.43. The molecule has 3 N–H and O–H groups in total. The Balaban J connectivity index is 1.68. The molecule has 6 heteroatoms. The Kier molecular flexibility index (Phi) is 3.94. The van der Waals surface area contributed by atoms with Gasteiger partial charge in [-0.1, -0.05) is 26.0 Å². The summed E-state index contributed by atoms with van der Waals surface area (Å²) in [4.78, 5) is 15.2. The van der Waals surface area contributed by atoms with Crippen molar-refractivity contribution in [1.29, 1.82) is 0 Å². The number of anilines is 1. The summed E-state index contributed by atoms with van der Waals surface area (Å²) < 4.78 is 0. The SMILES string of the molecule is CC(C)C1=C(c2ccc(N3CCCC3)cc2)NC2NCNN2C1=O. The molecule has 2 fully saturated rings. The predicted molar refractivity (Wildman–Crippen MR) is 94.6 cm³/mol. The van der Waals surface area contributed by atoms with Gasteiger partial charge in [0.15, 0.2) is 6.29 Å². The van der Waals surface area contributed by atoms with Gasteiger partial charge in [0.05, 0.1) is 12.4 Å². The minimum Gasteiger partial charge on any atom is -0.372 e. The highest BCUT2D eigenvalue weighted by atomic mass is 16.2. The monoisotopic (exact) mass is 327 g/mol. The van der Waals surface area contributed by atoms with Gasteiger partial charge in [-0.3, -0.25) is 10.1 Å². The smallest absolute Gasteiger partial charge is 0.269 e. The van der Waals surface area contributed by atoms with E-state index in [1.807, 2.05) is 0 Å². The Hall–Kier alpha value is -2.05. The lowest BCUT2D eigenvalue weighted by Crippen LogP contribution is -2.56. The molecule has 3 heterocycles. The Labute approximate surface area is 142 Å². The summed E-state index contributed by atoms with van der Waals surface area (Å²) in [5.74, 6) is 0.207. The fraction of sp³-hybridized carbons (Fsp3) is 0.500. The van der Waals surface area contributed by atoms with Crippen LogP contribution < -0.4 is 21.0 Å². The number of benzene rings is 1. The Morgan fingerprint density at radius 1 is 1.12 bits per heavy atom. The number of amides is 1. The first-order chi connectivity index (χ1) is 11.6. The van der Waals surface area contributed by atoms with Crippen molar-refractivity contribution in [3.8, 4) is 0 Å². The third-order valence-electron chi connectivity index (χ3n) is 5.01. The largest absolute Gasteiger partial charge is 0.372 e. The van der Waals surface area contributed by atoms with Crippen LogP contribution in [0.5, 0.6) is 0 Å². The van der Waals surface area contributed by atoms with Crippen molar-refractivity contribution in [2.45, 2.75) is 33.0 Å². The van der Waals surface area contributed by atoms with Gasteiger partial charge in [0.25, 0.3) is 5.91 Å². The van der Waals surface area contributed by atoms with Crippen LogP contribution in [0.2, 0.25) is 0 Å². The number of carbonyl (C=O) groups excluding carboxylic acids is 1. The van der Waals surface area contributed by atoms with E-state index in [4.69, 9.17) is 0 Å². The molecule has 4 rings (SSSR count). The zero-order chi connectivity index (χ0) is 16.7. The van der Waals surface area contributed by atoms with Gasteiger partial charge >= 0.3 is 0 Å². The van der Waals surface area contributed by atoms with Gasteiger partial charge in [-0.15, -0.1) is 0 Å². The maximum absolute atomic E-state index is 12.8. The van der Waals surface area contributed by atoms with E-state index in [1.54, 1.807) is 5.01 Å². The van der Waals surface area contributed by atoms with Crippen LogP contribution >= 0.6 is 0 Å². The molecule has 1 unspecified atom stereocenters. The van der Waals surface area contributed by atoms with Gasteiger partial charge in [-0.25, -0.2) is 10.4 Å². The van der Waals surface area contributed by atoms with Gasteiger partial charge in [-0.05, 0) is 36.5 Å². The average Bonchev–Trinajstić information content (AvgIpc) is 3.26. The fourth-order valence-electron chi connectivity index (χ4n) is 3.75. The first kappa shape index (κ1) is 15.5. The molecular formula is C18H25N5O. The fourth-order valence-corrected chi connectivity index (χ4v) is 3.75. The first-order valence-corrected chi connectivity index (χ1v) is 8.81. The Morgan fingerprint density at radius 2 is 1.83 bits per heavy atom. The van der Waals surface area contributed by atoms with E-state index >= 15 is 0 Å². The highest BCUT2D eigenvalue weighted by molar-refractivity contribution is 6.02. The second kappa shape index (κ2) is 6.11. The number of hydrazine groups is 1. The van der Waals surface area contributed by atoms with Crippen molar-refractivity contribution in [3.05, 3.63) is 35.4 Å². The van der Waals surface area contributed by atoms with Crippen LogP contribution in [0.25, 0.3) is 5.70 Å². The average molecular weight is 327 g/mol. The van der Waals surface area contributed by atoms with E-state index in [2.05, 4.69) is 59.1 Å². The minimum atomic E-state index is -0.187. The molecule has 3 aliphatic rings. The second-order valence-corrected chi connectivity index (χ2v) is 6.95. The van der Waals surface area contributed by atoms with E-state index in [-0.39, 0.29) is 18.1 Å². The summed E-state index contributed by atoms with van der Waals surface area (Å²) in [6, 6.07) is 8.60. The van der Waals surface area contributed by atoms with Crippen LogP contribution in [0.4, 0.5) is 5.69 Å². The summed E-state index contributed by atoms with van der Waals surface area (Å²) in [5.41, 5.74) is 7.20. The summed E-state index contributed by atoms with van der Waals surface area (Å²) >= 11 is 0. The Morgan fingerprint density at radius 3 is 2.50 bits per heavy atom. The molecule has 0 radical (unpaired) electrons. The zero-order valence-electron chi connectivity index (χ0n) is 14.3. The molecule has 1 atom stereocenters. The molecule has 1 aromatic rings. The molecule has 0 spiro atoms. The van der Waals surface area contributed by atoms with Crippen molar-refractivity contribution in [1.82, 2.24) is 21.1 Å². The van der Waals surface area contributed by atoms with Gasteiger partial charge in [0.2, 0.25) is 0 Å². The maximum Gasteiger partial charge on any atom is 0.269 e. The number of rotatable bonds is 3. The molecule has 0 saturated carbocycles. The van der Waals surface area contributed by atoms with Crippen molar-refractivity contribution in [2.75, 3.05) is 24.7 Å². The topological polar surface area (TPSA) is 59.6 Å². The first-order valence-electron chi connectivity index (χ1n) is 8.81. The Bertz CT molecular complexity index is 660.